The number of halogens is 3. The molecule has 6 aliphatic heterocycles. The fourth-order valence-electron chi connectivity index (χ4n) is 11.1. The van der Waals surface area contributed by atoms with Gasteiger partial charge in [0, 0.05) is 137 Å². The summed E-state index contributed by atoms with van der Waals surface area (Å²) in [6, 6.07) is 8.81. The second-order valence-electron chi connectivity index (χ2n) is 35.9. The third-order valence-electron chi connectivity index (χ3n) is 19.2. The lowest BCUT2D eigenvalue weighted by molar-refractivity contribution is -0.389. The maximum absolute atomic E-state index is 12.1. The van der Waals surface area contributed by atoms with Gasteiger partial charge < -0.3 is 144 Å². The van der Waals surface area contributed by atoms with Gasteiger partial charge in [-0.15, -0.1) is 0 Å². The third-order valence-corrected chi connectivity index (χ3v) is 20.7. The molecule has 11 N–H and O–H groups in total. The molecule has 42 heteroatoms. The topological polar surface area (TPSA) is 508 Å². The highest BCUT2D eigenvalue weighted by atomic mass is 79.9. The maximum atomic E-state index is 12.1. The van der Waals surface area contributed by atoms with E-state index in [1.54, 1.807) is 92.5 Å². The minimum absolute atomic E-state index is 0.0276. The standard InChI is InChI=1S/C13H19N3O4.C13H21N3O2.C13H25NO4.C12H21NO5.2C8H17NO2.C7H15NO3.C5H8Br2O2.C5H3FN2O2/c1-13(2,17)10-8-15(5-6-20-9-10)11-3-4-12(14-7-11)16(18)19;1-13(2,17)10-8-16(5-6-18-9-10)11-3-4-12(14)15-7-11;1-12(2,3)18-11(15)14-6-7-17-9-10(8-14)13(4,5)16;1-12(2,3)18-11(15)13-5-6-17-8-9(7-13)10(14)16-4;2*1-8(2,10)7-5-9-3-4-11-6-7;1-7(2,3)11-6(10)8-4-5-9;1-9-5(8)4(2-6)3-7;6-4-1-2-5(7-3-4)8(9)10/h3-4,7,10,17H,5-6,8-9H2,1-2H3;3-4,7,10,17H,5-6,8-9H2,1-2H3,(H2,14,15);10,16H,6-9H2,1-5H3;9H,5-8H2,1-4H3;2*7,9-10H,3-6H2,1-2H3;9H,4-5H2,1-3H3,(H,8,10);4H,2-3H2,1H3;1-3H. The lowest BCUT2D eigenvalue weighted by atomic mass is 9.91. The number of nitrogens with zero attached hydrogens (tertiary/aromatic N) is 9. The molecule has 724 valence electrons. The van der Waals surface area contributed by atoms with E-state index in [0.717, 1.165) is 82.2 Å². The SMILES string of the molecule is CC(C)(C)OC(=O)N1CCOCC(C(C)(C)O)C1.CC(C)(C)OC(=O)NCCO.CC(C)(O)C1CNCCOC1.CC(C)(O)C1CNCCOC1.CC(C)(O)C1COCCN(c2ccc(N)nc2)C1.CC(C)(O)C1COCCN(c2ccc([N+](=O)[O-])nc2)C1.COC(=O)C(CBr)CBr.COC(=O)C1COCCN(C(=O)OC(C)(C)C)C1.O=[N+]([O-])c1ccc(F)cn1. The van der Waals surface area contributed by atoms with Crippen LogP contribution >= 0.6 is 31.9 Å². The number of carbonyl (C=O) groups excluding carboxylic acids is 5. The van der Waals surface area contributed by atoms with Crippen LogP contribution in [0.4, 0.5) is 47.6 Å². The predicted molar refractivity (Wildman–Crippen MR) is 480 cm³/mol. The Morgan fingerprint density at radius 3 is 1.21 bits per heavy atom. The molecule has 3 aromatic rings. The van der Waals surface area contributed by atoms with Crippen molar-refractivity contribution in [2.75, 3.05) is 211 Å². The molecule has 0 aliphatic carbocycles. The van der Waals surface area contributed by atoms with Gasteiger partial charge in [0.05, 0.1) is 158 Å². The van der Waals surface area contributed by atoms with E-state index in [-0.39, 0.29) is 91.5 Å². The fourth-order valence-corrected chi connectivity index (χ4v) is 12.7. The molecule has 6 fully saturated rings. The highest BCUT2D eigenvalue weighted by Crippen LogP contribution is 2.29. The van der Waals surface area contributed by atoms with Crippen molar-refractivity contribution >= 4 is 90.9 Å². The largest absolute Gasteiger partial charge is 0.469 e. The van der Waals surface area contributed by atoms with Crippen molar-refractivity contribution in [1.82, 2.24) is 40.7 Å². The van der Waals surface area contributed by atoms with Gasteiger partial charge in [-0.3, -0.25) is 9.59 Å². The summed E-state index contributed by atoms with van der Waals surface area (Å²) in [5.74, 6) is -1.26. The van der Waals surface area contributed by atoms with Gasteiger partial charge >= 0.3 is 41.9 Å². The predicted octanol–water partition coefficient (Wildman–Crippen LogP) is 7.97. The van der Waals surface area contributed by atoms with Crippen LogP contribution in [0.25, 0.3) is 0 Å². The number of amides is 3. The Bertz CT molecular complexity index is 3530. The van der Waals surface area contributed by atoms with Crippen molar-refractivity contribution in [3.05, 3.63) is 81.0 Å². The first-order valence-corrected chi connectivity index (χ1v) is 44.0. The van der Waals surface area contributed by atoms with Crippen LogP contribution in [0, 0.1) is 67.5 Å². The number of ether oxygens (including phenoxy) is 11. The molecule has 6 unspecified atom stereocenters. The van der Waals surface area contributed by atoms with Crippen molar-refractivity contribution in [2.24, 2.45) is 41.4 Å². The van der Waals surface area contributed by atoms with E-state index in [4.69, 9.17) is 53.5 Å². The molecule has 0 aromatic carbocycles. The van der Waals surface area contributed by atoms with Crippen LogP contribution in [-0.4, -0.2) is 336 Å². The molecular weight excluding hydrogens is 1790 g/mol. The van der Waals surface area contributed by atoms with Crippen LogP contribution in [-0.2, 0) is 61.7 Å². The molecule has 6 atom stereocenters. The minimum atomic E-state index is -0.870. The summed E-state index contributed by atoms with van der Waals surface area (Å²) in [5.41, 5.74) is 2.17. The van der Waals surface area contributed by atoms with Crippen molar-refractivity contribution in [1.29, 1.82) is 0 Å². The first kappa shape index (κ1) is 117. The van der Waals surface area contributed by atoms with Gasteiger partial charge in [0.1, 0.15) is 22.6 Å². The molecule has 9 rings (SSSR count). The zero-order chi connectivity index (χ0) is 96.0. The van der Waals surface area contributed by atoms with Crippen molar-refractivity contribution in [3.8, 4) is 0 Å². The number of pyridine rings is 3. The summed E-state index contributed by atoms with van der Waals surface area (Å²) in [7, 11) is 2.71. The second kappa shape index (κ2) is 57.7. The zero-order valence-electron chi connectivity index (χ0n) is 77.6. The Balaban J connectivity index is 0.000000718. The van der Waals surface area contributed by atoms with Crippen LogP contribution in [0.1, 0.15) is 132 Å². The van der Waals surface area contributed by atoms with E-state index in [1.165, 1.54) is 31.4 Å². The molecule has 126 heavy (non-hydrogen) atoms. The summed E-state index contributed by atoms with van der Waals surface area (Å²) in [5, 5.41) is 88.6. The van der Waals surface area contributed by atoms with Gasteiger partial charge in [0.15, 0.2) is 18.2 Å². The van der Waals surface area contributed by atoms with Crippen molar-refractivity contribution in [2.45, 2.75) is 176 Å². The van der Waals surface area contributed by atoms with E-state index in [1.807, 2.05) is 73.3 Å². The van der Waals surface area contributed by atoms with Gasteiger partial charge in [-0.05, 0) is 176 Å². The number of aliphatic hydroxyl groups excluding tert-OH is 1. The van der Waals surface area contributed by atoms with Crippen molar-refractivity contribution in [3.63, 3.8) is 0 Å². The van der Waals surface area contributed by atoms with Crippen LogP contribution in [0.2, 0.25) is 0 Å². The summed E-state index contributed by atoms with van der Waals surface area (Å²) in [6.45, 7) is 49.1. The van der Waals surface area contributed by atoms with E-state index in [2.05, 4.69) is 77.1 Å². The zero-order valence-corrected chi connectivity index (χ0v) is 80.8. The number of hydrogen-bond acceptors (Lipinski definition) is 34. The number of carbonyl (C=O) groups is 5. The first-order chi connectivity index (χ1) is 58.4. The number of aliphatic hydroxyl groups is 6. The molecule has 6 aliphatic rings. The van der Waals surface area contributed by atoms with Crippen molar-refractivity contribution < 1.29 is 121 Å². The smallest absolute Gasteiger partial charge is 0.410 e. The highest BCUT2D eigenvalue weighted by molar-refractivity contribution is 9.09. The van der Waals surface area contributed by atoms with Gasteiger partial charge in [-0.1, -0.05) is 31.9 Å². The summed E-state index contributed by atoms with van der Waals surface area (Å²) < 4.78 is 69.2. The second-order valence-corrected chi connectivity index (χ2v) is 37.2. The molecule has 3 amide bonds. The van der Waals surface area contributed by atoms with Gasteiger partial charge in [-0.25, -0.2) is 23.8 Å². The number of alkyl halides is 2. The molecule has 3 aromatic heterocycles. The lowest BCUT2D eigenvalue weighted by Gasteiger charge is -2.32. The summed E-state index contributed by atoms with van der Waals surface area (Å²) in [4.78, 5) is 94.7. The molecule has 0 radical (unpaired) electrons. The van der Waals surface area contributed by atoms with Crippen LogP contribution in [0.3, 0.4) is 0 Å². The average Bonchev–Trinajstić information content (AvgIpc) is 1.60. The first-order valence-electron chi connectivity index (χ1n) is 41.8. The number of nitrogens with two attached hydrogens (primary N) is 1. The minimum Gasteiger partial charge on any atom is -0.469 e. The molecular formula is C84H146Br2FN13O26. The molecule has 0 saturated carbocycles. The average molecular weight is 1930 g/mol. The molecule has 39 nitrogen and oxygen atoms in total. The number of aromatic nitrogens is 3. The number of esters is 2. The number of nitrogens with one attached hydrogen (secondary N) is 3. The van der Waals surface area contributed by atoms with E-state index < -0.39 is 78.6 Å². The molecule has 6 saturated heterocycles. The quantitative estimate of drug-likeness (QED) is 0.0227. The summed E-state index contributed by atoms with van der Waals surface area (Å²) in [6.07, 6.45) is 2.79. The molecule has 9 heterocycles. The Hall–Kier alpha value is -7.27. The molecule has 0 spiro atoms. The monoisotopic (exact) mass is 1930 g/mol. The highest BCUT2D eigenvalue weighted by Gasteiger charge is 2.37. The Morgan fingerprint density at radius 1 is 0.516 bits per heavy atom. The number of nitrogen functional groups attached to an aromatic ring is 1. The Labute approximate surface area is 758 Å². The van der Waals surface area contributed by atoms with Gasteiger partial charge in [0.2, 0.25) is 0 Å². The number of nitro groups is 2. The number of anilines is 3. The Morgan fingerprint density at radius 2 is 0.881 bits per heavy atom. The van der Waals surface area contributed by atoms with Crippen LogP contribution in [0.15, 0.2) is 55.0 Å². The van der Waals surface area contributed by atoms with Gasteiger partial charge in [0.25, 0.3) is 0 Å². The molecule has 0 bridgehead atoms. The summed E-state index contributed by atoms with van der Waals surface area (Å²) >= 11 is 6.37. The van der Waals surface area contributed by atoms with Gasteiger partial charge in [-0.2, -0.15) is 0 Å². The number of hydrogen-bond donors (Lipinski definition) is 10. The number of alkyl carbamates (subject to hydrolysis) is 1. The van der Waals surface area contributed by atoms with E-state index in [0.29, 0.717) is 109 Å². The number of rotatable bonds is 15. The van der Waals surface area contributed by atoms with E-state index >= 15 is 0 Å². The Kier molecular flexibility index (Phi) is 53.5. The third kappa shape index (κ3) is 51.8. The normalized spacial score (nSPS) is 19.9. The number of methoxy groups -OCH3 is 2. The lowest BCUT2D eigenvalue weighted by Crippen LogP contribution is -2.45. The maximum Gasteiger partial charge on any atom is 0.410 e. The fraction of sp³-hybridized carbons (Fsp3) is 0.762. The van der Waals surface area contributed by atoms with E-state index in [9.17, 15) is 74.1 Å². The van der Waals surface area contributed by atoms with Crippen LogP contribution in [0.5, 0.6) is 0 Å². The van der Waals surface area contributed by atoms with Crippen LogP contribution < -0.4 is 31.5 Å².